The molecule has 0 spiro atoms. The van der Waals surface area contributed by atoms with E-state index in [1.54, 1.807) is 0 Å². The van der Waals surface area contributed by atoms with Crippen molar-refractivity contribution in [3.63, 3.8) is 0 Å². The van der Waals surface area contributed by atoms with E-state index < -0.39 is 0 Å². The summed E-state index contributed by atoms with van der Waals surface area (Å²) in [4.78, 5) is 14.6. The Morgan fingerprint density at radius 3 is 3.00 bits per heavy atom. The fourth-order valence-corrected chi connectivity index (χ4v) is 2.75. The van der Waals surface area contributed by atoms with Crippen LogP contribution in [0, 0.1) is 12.3 Å². The quantitative estimate of drug-likeness (QED) is 0.682. The third-order valence-electron chi connectivity index (χ3n) is 3.90. The Balaban J connectivity index is 2.35. The fourth-order valence-electron chi connectivity index (χ4n) is 2.75. The van der Waals surface area contributed by atoms with Crippen LogP contribution in [0.15, 0.2) is 18.2 Å². The van der Waals surface area contributed by atoms with Gasteiger partial charge >= 0.3 is 5.97 Å². The van der Waals surface area contributed by atoms with E-state index in [0.29, 0.717) is 11.6 Å². The van der Waals surface area contributed by atoms with Crippen LogP contribution in [0.5, 0.6) is 0 Å². The number of anilines is 2. The molecular weight excluding hydrogens is 264 g/mol. The van der Waals surface area contributed by atoms with Gasteiger partial charge in [0.1, 0.15) is 0 Å². The number of piperidine rings is 1. The molecule has 0 aliphatic carbocycles. The molecule has 1 aliphatic heterocycles. The smallest absolute Gasteiger partial charge is 0.341 e. The molecule has 21 heavy (non-hydrogen) atoms. The summed E-state index contributed by atoms with van der Waals surface area (Å²) in [5.74, 6) is 1.97. The molecule has 0 saturated carbocycles. The van der Waals surface area contributed by atoms with Crippen LogP contribution in [-0.2, 0) is 4.74 Å². The van der Waals surface area contributed by atoms with Crippen molar-refractivity contribution >= 4 is 17.3 Å². The summed E-state index contributed by atoms with van der Waals surface area (Å²) in [6.45, 7) is 3.16. The maximum absolute atomic E-state index is 12.3. The van der Waals surface area contributed by atoms with E-state index in [1.807, 2.05) is 25.2 Å². The Hall–Kier alpha value is -2.15. The topological polar surface area (TPSA) is 41.6 Å². The van der Waals surface area contributed by atoms with Gasteiger partial charge in [-0.15, -0.1) is 6.42 Å². The fraction of sp³-hybridized carbons (Fsp3) is 0.471. The van der Waals surface area contributed by atoms with E-state index in [1.165, 1.54) is 6.42 Å². The first-order valence-corrected chi connectivity index (χ1v) is 7.36. The van der Waals surface area contributed by atoms with Crippen molar-refractivity contribution in [3.8, 4) is 12.3 Å². The van der Waals surface area contributed by atoms with Crippen molar-refractivity contribution in [2.45, 2.75) is 32.2 Å². The second kappa shape index (κ2) is 7.03. The van der Waals surface area contributed by atoms with E-state index in [4.69, 9.17) is 11.2 Å². The summed E-state index contributed by atoms with van der Waals surface area (Å²) < 4.78 is 5.11. The minimum atomic E-state index is -0.363. The average molecular weight is 286 g/mol. The van der Waals surface area contributed by atoms with Gasteiger partial charge in [-0.2, -0.15) is 0 Å². The number of benzene rings is 1. The number of ether oxygens (including phenoxy) is 1. The molecule has 2 rings (SSSR count). The molecule has 4 nitrogen and oxygen atoms in total. The van der Waals surface area contributed by atoms with Crippen LogP contribution < -0.4 is 10.2 Å². The summed E-state index contributed by atoms with van der Waals surface area (Å²) in [6.07, 6.45) is 8.70. The van der Waals surface area contributed by atoms with Crippen LogP contribution in [0.3, 0.4) is 0 Å². The van der Waals surface area contributed by atoms with E-state index in [9.17, 15) is 4.79 Å². The van der Waals surface area contributed by atoms with E-state index in [2.05, 4.69) is 23.1 Å². The van der Waals surface area contributed by atoms with E-state index in [-0.39, 0.29) is 12.6 Å². The number of nitrogens with zero attached hydrogens (tertiary/aromatic N) is 1. The highest BCUT2D eigenvalue weighted by Gasteiger charge is 2.24. The maximum atomic E-state index is 12.3. The Bertz CT molecular complexity index is 548. The number of nitrogens with one attached hydrogen (secondary N) is 1. The summed E-state index contributed by atoms with van der Waals surface area (Å²) in [5, 5.41) is 3.05. The maximum Gasteiger partial charge on any atom is 0.341 e. The lowest BCUT2D eigenvalue weighted by Gasteiger charge is -2.36. The zero-order valence-corrected chi connectivity index (χ0v) is 12.7. The van der Waals surface area contributed by atoms with Gasteiger partial charge in [0.25, 0.3) is 0 Å². The molecule has 0 bridgehead atoms. The van der Waals surface area contributed by atoms with Crippen molar-refractivity contribution in [2.75, 3.05) is 30.4 Å². The second-order valence-electron chi connectivity index (χ2n) is 5.30. The second-order valence-corrected chi connectivity index (χ2v) is 5.30. The predicted molar refractivity (Wildman–Crippen MR) is 85.8 cm³/mol. The lowest BCUT2D eigenvalue weighted by Crippen LogP contribution is -2.38. The number of carbonyl (C=O) groups is 1. The van der Waals surface area contributed by atoms with Gasteiger partial charge in [-0.3, -0.25) is 0 Å². The minimum absolute atomic E-state index is 0.00237. The molecule has 1 heterocycles. The summed E-state index contributed by atoms with van der Waals surface area (Å²) in [7, 11) is 1.83. The molecule has 1 aromatic carbocycles. The number of hydrogen-bond acceptors (Lipinski definition) is 4. The monoisotopic (exact) mass is 286 g/mol. The molecule has 0 radical (unpaired) electrons. The van der Waals surface area contributed by atoms with Gasteiger partial charge in [0.2, 0.25) is 0 Å². The lowest BCUT2D eigenvalue weighted by molar-refractivity contribution is 0.0557. The van der Waals surface area contributed by atoms with Crippen molar-refractivity contribution in [1.82, 2.24) is 0 Å². The van der Waals surface area contributed by atoms with Crippen LogP contribution in [0.2, 0.25) is 0 Å². The van der Waals surface area contributed by atoms with Crippen LogP contribution in [-0.4, -0.2) is 32.2 Å². The number of rotatable bonds is 4. The number of carbonyl (C=O) groups excluding carboxylic acids is 1. The molecule has 1 aromatic rings. The van der Waals surface area contributed by atoms with Gasteiger partial charge in [0, 0.05) is 25.3 Å². The zero-order valence-electron chi connectivity index (χ0n) is 12.7. The van der Waals surface area contributed by atoms with Crippen LogP contribution >= 0.6 is 0 Å². The summed E-state index contributed by atoms with van der Waals surface area (Å²) >= 11 is 0. The van der Waals surface area contributed by atoms with Crippen molar-refractivity contribution in [1.29, 1.82) is 0 Å². The molecular formula is C17H22N2O2. The largest absolute Gasteiger partial charge is 0.449 e. The highest BCUT2D eigenvalue weighted by atomic mass is 16.5. The third-order valence-corrected chi connectivity index (χ3v) is 3.90. The zero-order chi connectivity index (χ0) is 15.2. The molecule has 1 saturated heterocycles. The van der Waals surface area contributed by atoms with E-state index in [0.717, 1.165) is 30.8 Å². The molecule has 4 heteroatoms. The van der Waals surface area contributed by atoms with Gasteiger partial charge in [-0.05, 0) is 44.4 Å². The standard InChI is InChI=1S/C17H22N2O2/c1-4-11-21-17(20)15-12-14(18-3)8-9-16(15)19-10-6-5-7-13(19)2/h1,8-9,12-13,18H,5-7,10-11H2,2-3H3. The number of esters is 1. The molecule has 112 valence electrons. The lowest BCUT2D eigenvalue weighted by atomic mass is 10.0. The van der Waals surface area contributed by atoms with Crippen LogP contribution in [0.4, 0.5) is 11.4 Å². The van der Waals surface area contributed by atoms with Gasteiger partial charge < -0.3 is 15.0 Å². The van der Waals surface area contributed by atoms with Gasteiger partial charge in [-0.25, -0.2) is 4.79 Å². The third kappa shape index (κ3) is 3.49. The molecule has 1 aliphatic rings. The molecule has 1 fully saturated rings. The minimum Gasteiger partial charge on any atom is -0.449 e. The van der Waals surface area contributed by atoms with Crippen molar-refractivity contribution in [3.05, 3.63) is 23.8 Å². The molecule has 1 unspecified atom stereocenters. The first-order valence-electron chi connectivity index (χ1n) is 7.36. The normalized spacial score (nSPS) is 18.0. The van der Waals surface area contributed by atoms with Crippen LogP contribution in [0.25, 0.3) is 0 Å². The van der Waals surface area contributed by atoms with Gasteiger partial charge in [0.05, 0.1) is 11.3 Å². The molecule has 0 amide bonds. The Labute approximate surface area is 126 Å². The SMILES string of the molecule is C#CCOC(=O)c1cc(NC)ccc1N1CCCCC1C. The highest BCUT2D eigenvalue weighted by Crippen LogP contribution is 2.30. The van der Waals surface area contributed by atoms with Crippen LogP contribution in [0.1, 0.15) is 36.5 Å². The Morgan fingerprint density at radius 2 is 2.33 bits per heavy atom. The highest BCUT2D eigenvalue weighted by molar-refractivity contribution is 5.97. The number of terminal acetylenes is 1. The van der Waals surface area contributed by atoms with Gasteiger partial charge in [-0.1, -0.05) is 5.92 Å². The van der Waals surface area contributed by atoms with Gasteiger partial charge in [0.15, 0.2) is 6.61 Å². The number of hydrogen-bond donors (Lipinski definition) is 1. The summed E-state index contributed by atoms with van der Waals surface area (Å²) in [6, 6.07) is 6.22. The van der Waals surface area contributed by atoms with E-state index >= 15 is 0 Å². The van der Waals surface area contributed by atoms with Crippen molar-refractivity contribution < 1.29 is 9.53 Å². The first kappa shape index (κ1) is 15.2. The Kier molecular flexibility index (Phi) is 5.10. The first-order chi connectivity index (χ1) is 10.2. The Morgan fingerprint density at radius 1 is 1.52 bits per heavy atom. The summed E-state index contributed by atoms with van der Waals surface area (Å²) in [5.41, 5.74) is 2.39. The van der Waals surface area contributed by atoms with Crippen molar-refractivity contribution in [2.24, 2.45) is 0 Å². The molecule has 1 atom stereocenters. The molecule has 0 aromatic heterocycles. The molecule has 1 N–H and O–H groups in total. The average Bonchev–Trinajstić information content (AvgIpc) is 2.52. The predicted octanol–water partition coefficient (Wildman–Crippen LogP) is 2.90.